The van der Waals surface area contributed by atoms with Crippen LogP contribution in [0, 0.1) is 6.92 Å². The Morgan fingerprint density at radius 2 is 1.68 bits per heavy atom. The van der Waals surface area contributed by atoms with Crippen LogP contribution in [0.2, 0.25) is 10.0 Å². The second kappa shape index (κ2) is 10.0. The number of nitrogens with one attached hydrogen (secondary N) is 1. The lowest BCUT2D eigenvalue weighted by molar-refractivity contribution is 0.177. The van der Waals surface area contributed by atoms with Crippen molar-refractivity contribution in [3.05, 3.63) is 81.5 Å². The standard InChI is InChI=1S/C23H25Cl2N5S/c1-17-5-2-3-6-18(17)15-30-10-9-22(27-30)26-23(31)29-13-11-28(12-14-29)16-19-20(24)7-4-8-21(19)25/h2-10H,11-16H2,1H3,(H,26,27,31). The molecule has 0 bridgehead atoms. The molecular weight excluding hydrogens is 449 g/mol. The van der Waals surface area contributed by atoms with Gasteiger partial charge in [-0.2, -0.15) is 5.10 Å². The highest BCUT2D eigenvalue weighted by Gasteiger charge is 2.21. The maximum atomic E-state index is 6.32. The zero-order valence-corrected chi connectivity index (χ0v) is 19.7. The molecule has 1 N–H and O–H groups in total. The molecular formula is C23H25Cl2N5S. The number of anilines is 1. The van der Waals surface area contributed by atoms with Gasteiger partial charge in [0.1, 0.15) is 0 Å². The third-order valence-electron chi connectivity index (χ3n) is 5.57. The molecule has 2 heterocycles. The van der Waals surface area contributed by atoms with Crippen LogP contribution < -0.4 is 5.32 Å². The Hall–Kier alpha value is -2.12. The summed E-state index contributed by atoms with van der Waals surface area (Å²) in [4.78, 5) is 4.53. The van der Waals surface area contributed by atoms with Crippen LogP contribution in [0.25, 0.3) is 0 Å². The first kappa shape index (κ1) is 22.1. The van der Waals surface area contributed by atoms with E-state index in [1.165, 1.54) is 11.1 Å². The van der Waals surface area contributed by atoms with Crippen LogP contribution in [0.4, 0.5) is 5.82 Å². The van der Waals surface area contributed by atoms with Gasteiger partial charge < -0.3 is 10.2 Å². The molecule has 5 nitrogen and oxygen atoms in total. The number of hydrogen-bond acceptors (Lipinski definition) is 3. The summed E-state index contributed by atoms with van der Waals surface area (Å²) in [6, 6.07) is 16.0. The van der Waals surface area contributed by atoms with Gasteiger partial charge in [0.05, 0.1) is 6.54 Å². The van der Waals surface area contributed by atoms with E-state index in [1.54, 1.807) is 0 Å². The van der Waals surface area contributed by atoms with Gasteiger partial charge in [-0.15, -0.1) is 0 Å². The fraction of sp³-hybridized carbons (Fsp3) is 0.304. The van der Waals surface area contributed by atoms with E-state index in [1.807, 2.05) is 35.1 Å². The van der Waals surface area contributed by atoms with Gasteiger partial charge in [-0.25, -0.2) is 0 Å². The van der Waals surface area contributed by atoms with Crippen LogP contribution in [-0.2, 0) is 13.1 Å². The Kier molecular flexibility index (Phi) is 7.13. The third kappa shape index (κ3) is 5.57. The third-order valence-corrected chi connectivity index (χ3v) is 6.64. The molecule has 0 saturated carbocycles. The maximum absolute atomic E-state index is 6.32. The Morgan fingerprint density at radius 3 is 2.39 bits per heavy atom. The lowest BCUT2D eigenvalue weighted by Gasteiger charge is -2.36. The van der Waals surface area contributed by atoms with Gasteiger partial charge in [-0.1, -0.05) is 53.5 Å². The molecule has 8 heteroatoms. The average Bonchev–Trinajstić information content (AvgIpc) is 3.20. The Morgan fingerprint density at radius 1 is 0.968 bits per heavy atom. The number of halogens is 2. The summed E-state index contributed by atoms with van der Waals surface area (Å²) in [5, 5.41) is 10.0. The molecule has 0 aliphatic carbocycles. The van der Waals surface area contributed by atoms with Crippen LogP contribution in [0.3, 0.4) is 0 Å². The summed E-state index contributed by atoms with van der Waals surface area (Å²) < 4.78 is 1.93. The minimum absolute atomic E-state index is 0.705. The highest BCUT2D eigenvalue weighted by atomic mass is 35.5. The largest absolute Gasteiger partial charge is 0.346 e. The SMILES string of the molecule is Cc1ccccc1Cn1ccc(NC(=S)N2CCN(Cc3c(Cl)cccc3Cl)CC2)n1. The molecule has 1 aliphatic heterocycles. The molecule has 1 aliphatic rings. The summed E-state index contributed by atoms with van der Waals surface area (Å²) in [5.74, 6) is 0.767. The predicted octanol–water partition coefficient (Wildman–Crippen LogP) is 5.06. The fourth-order valence-electron chi connectivity index (χ4n) is 3.68. The molecule has 31 heavy (non-hydrogen) atoms. The van der Waals surface area contributed by atoms with Crippen LogP contribution in [0.5, 0.6) is 0 Å². The summed E-state index contributed by atoms with van der Waals surface area (Å²) in [7, 11) is 0. The summed E-state index contributed by atoms with van der Waals surface area (Å²) in [6.45, 7) is 7.08. The van der Waals surface area contributed by atoms with Gasteiger partial charge >= 0.3 is 0 Å². The first-order valence-corrected chi connectivity index (χ1v) is 11.4. The number of hydrogen-bond donors (Lipinski definition) is 1. The highest BCUT2D eigenvalue weighted by Crippen LogP contribution is 2.26. The zero-order chi connectivity index (χ0) is 21.8. The van der Waals surface area contributed by atoms with Gasteiger partial charge in [0.2, 0.25) is 0 Å². The van der Waals surface area contributed by atoms with Crippen molar-refractivity contribution in [2.45, 2.75) is 20.0 Å². The Balaban J connectivity index is 1.29. The van der Waals surface area contributed by atoms with Gasteiger partial charge in [0.25, 0.3) is 0 Å². The predicted molar refractivity (Wildman–Crippen MR) is 132 cm³/mol. The highest BCUT2D eigenvalue weighted by molar-refractivity contribution is 7.80. The van der Waals surface area contributed by atoms with Crippen LogP contribution in [-0.4, -0.2) is 50.9 Å². The number of nitrogens with zero attached hydrogens (tertiary/aromatic N) is 4. The Labute approximate surface area is 198 Å². The van der Waals surface area contributed by atoms with Crippen molar-refractivity contribution < 1.29 is 0 Å². The molecule has 1 fully saturated rings. The van der Waals surface area contributed by atoms with Crippen molar-refractivity contribution in [2.75, 3.05) is 31.5 Å². The van der Waals surface area contributed by atoms with E-state index in [0.717, 1.165) is 50.6 Å². The van der Waals surface area contributed by atoms with Crippen LogP contribution >= 0.6 is 35.4 Å². The second-order valence-electron chi connectivity index (χ2n) is 7.72. The number of thiocarbonyl (C=S) groups is 1. The first-order chi connectivity index (χ1) is 15.0. The molecule has 0 radical (unpaired) electrons. The minimum Gasteiger partial charge on any atom is -0.346 e. The molecule has 0 atom stereocenters. The molecule has 1 aromatic heterocycles. The van der Waals surface area contributed by atoms with Crippen molar-refractivity contribution in [1.29, 1.82) is 0 Å². The summed E-state index contributed by atoms with van der Waals surface area (Å²) in [5.41, 5.74) is 3.51. The monoisotopic (exact) mass is 473 g/mol. The topological polar surface area (TPSA) is 36.3 Å². The number of aromatic nitrogens is 2. The lowest BCUT2D eigenvalue weighted by Crippen LogP contribution is -2.49. The molecule has 2 aromatic carbocycles. The summed E-state index contributed by atoms with van der Waals surface area (Å²) in [6.07, 6.45) is 1.97. The molecule has 4 rings (SSSR count). The molecule has 0 amide bonds. The molecule has 0 spiro atoms. The van der Waals surface area contributed by atoms with E-state index in [-0.39, 0.29) is 0 Å². The number of benzene rings is 2. The van der Waals surface area contributed by atoms with E-state index in [0.29, 0.717) is 15.2 Å². The van der Waals surface area contributed by atoms with E-state index in [9.17, 15) is 0 Å². The van der Waals surface area contributed by atoms with Crippen molar-refractivity contribution in [3.8, 4) is 0 Å². The molecule has 3 aromatic rings. The minimum atomic E-state index is 0.705. The van der Waals surface area contributed by atoms with Crippen LogP contribution in [0.1, 0.15) is 16.7 Å². The number of aryl methyl sites for hydroxylation is 1. The van der Waals surface area contributed by atoms with E-state index >= 15 is 0 Å². The van der Waals surface area contributed by atoms with E-state index in [2.05, 4.69) is 51.4 Å². The quantitative estimate of drug-likeness (QED) is 0.523. The van der Waals surface area contributed by atoms with E-state index in [4.69, 9.17) is 35.4 Å². The van der Waals surface area contributed by atoms with Gasteiger partial charge in [0, 0.05) is 60.6 Å². The smallest absolute Gasteiger partial charge is 0.174 e. The maximum Gasteiger partial charge on any atom is 0.174 e. The number of piperazine rings is 1. The number of rotatable bonds is 5. The molecule has 1 saturated heterocycles. The first-order valence-electron chi connectivity index (χ1n) is 10.3. The van der Waals surface area contributed by atoms with E-state index < -0.39 is 0 Å². The molecule has 162 valence electrons. The van der Waals surface area contributed by atoms with Crippen molar-refractivity contribution in [2.24, 2.45) is 0 Å². The fourth-order valence-corrected chi connectivity index (χ4v) is 4.49. The lowest BCUT2D eigenvalue weighted by atomic mass is 10.1. The molecule has 0 unspecified atom stereocenters. The normalized spacial score (nSPS) is 14.6. The van der Waals surface area contributed by atoms with Crippen LogP contribution in [0.15, 0.2) is 54.7 Å². The van der Waals surface area contributed by atoms with Crippen molar-refractivity contribution in [3.63, 3.8) is 0 Å². The summed E-state index contributed by atoms with van der Waals surface area (Å²) >= 11 is 18.3. The van der Waals surface area contributed by atoms with Crippen molar-refractivity contribution >= 4 is 46.4 Å². The Bertz CT molecular complexity index is 1040. The second-order valence-corrected chi connectivity index (χ2v) is 8.92. The average molecular weight is 474 g/mol. The zero-order valence-electron chi connectivity index (χ0n) is 17.4. The van der Waals surface area contributed by atoms with Gasteiger partial charge in [-0.3, -0.25) is 9.58 Å². The van der Waals surface area contributed by atoms with Gasteiger partial charge in [-0.05, 0) is 42.4 Å². The van der Waals surface area contributed by atoms with Gasteiger partial charge in [0.15, 0.2) is 10.9 Å². The van der Waals surface area contributed by atoms with Crippen molar-refractivity contribution in [1.82, 2.24) is 19.6 Å².